The van der Waals surface area contributed by atoms with Crippen molar-refractivity contribution in [3.63, 3.8) is 0 Å². The van der Waals surface area contributed by atoms with Crippen LogP contribution in [0.25, 0.3) is 162 Å². The van der Waals surface area contributed by atoms with Gasteiger partial charge in [-0.1, -0.05) is 48.5 Å². The van der Waals surface area contributed by atoms with Crippen LogP contribution in [0.5, 0.6) is 0 Å². The molecule has 1 nitrogen and oxygen atoms in total. The zero-order chi connectivity index (χ0) is 28.0. The van der Waals surface area contributed by atoms with Crippen molar-refractivity contribution in [2.75, 3.05) is 14.1 Å². The van der Waals surface area contributed by atoms with E-state index in [9.17, 15) is 0 Å². The molecule has 0 unspecified atom stereocenters. The summed E-state index contributed by atoms with van der Waals surface area (Å²) in [7, 11) is 4.89. The topological polar surface area (TPSA) is 0 Å². The van der Waals surface area contributed by atoms with Gasteiger partial charge in [-0.25, -0.2) is 0 Å². The zero-order valence-corrected chi connectivity index (χ0v) is 24.5. The Morgan fingerprint density at radius 2 is 0.467 bits per heavy atom. The predicted octanol–water partition coefficient (Wildman–Crippen LogP) is 11.8. The molecule has 0 fully saturated rings. The Morgan fingerprint density at radius 3 is 0.778 bits per heavy atom. The van der Waals surface area contributed by atoms with Crippen LogP contribution in [0.2, 0.25) is 0 Å². The van der Waals surface area contributed by atoms with Gasteiger partial charge in [0.1, 0.15) is 13.1 Å². The highest BCUT2D eigenvalue weighted by Crippen LogP contribution is 2.68. The average Bonchev–Trinajstić information content (AvgIpc) is 3.87. The Morgan fingerprint density at radius 1 is 0.267 bits per heavy atom. The standard InChI is InChI=1S/C44H18N/c1-45(2)11-21-22(12-45)24-20-10-8-18-16-6-4-14-13-3-5-15-17-7-9-19-23(21)33-34(24)39-32(20)30(18)37-28(16)26(14)35-25(13)27(15)36-29(17)31(19)38(33)43-41(36)40(35)42(37)44(39)43/h3-10H,11-12H2,1-2H3/q+1. The van der Waals surface area contributed by atoms with Crippen molar-refractivity contribution in [1.82, 2.24) is 0 Å². The van der Waals surface area contributed by atoms with Crippen LogP contribution in [-0.2, 0) is 13.1 Å². The van der Waals surface area contributed by atoms with E-state index in [1.54, 1.807) is 119 Å². The number of fused-ring (bicyclic) bond motifs is 8. The maximum absolute atomic E-state index is 2.53. The largest absolute Gasteiger partial charge is 0.321 e. The van der Waals surface area contributed by atoms with Crippen molar-refractivity contribution in [2.24, 2.45) is 0 Å². The van der Waals surface area contributed by atoms with Crippen LogP contribution in [0.1, 0.15) is 11.1 Å². The van der Waals surface area contributed by atoms with Gasteiger partial charge in [0.25, 0.3) is 0 Å². The molecule has 198 valence electrons. The minimum Gasteiger partial charge on any atom is -0.321 e. The van der Waals surface area contributed by atoms with Crippen molar-refractivity contribution < 1.29 is 4.48 Å². The molecule has 1 heterocycles. The normalized spacial score (nSPS) is 17.6. The van der Waals surface area contributed by atoms with E-state index in [2.05, 4.69) is 62.6 Å². The third-order valence-corrected chi connectivity index (χ3v) is 14.1. The zero-order valence-electron chi connectivity index (χ0n) is 24.5. The maximum Gasteiger partial charge on any atom is 0.105 e. The summed E-state index contributed by atoms with van der Waals surface area (Å²) in [5, 5.41) is 46.5. The highest BCUT2D eigenvalue weighted by atomic mass is 15.3. The van der Waals surface area contributed by atoms with E-state index in [1.165, 1.54) is 53.9 Å². The molecule has 16 aromatic rings. The third kappa shape index (κ3) is 1.35. The van der Waals surface area contributed by atoms with Crippen molar-refractivity contribution in [3.05, 3.63) is 59.7 Å². The van der Waals surface area contributed by atoms with Crippen LogP contribution >= 0.6 is 0 Å². The van der Waals surface area contributed by atoms with Gasteiger partial charge in [-0.05, 0) is 151 Å². The minimum atomic E-state index is 1.03. The fourth-order valence-electron chi connectivity index (χ4n) is 13.2. The Bertz CT molecular complexity index is 3680. The molecule has 0 spiro atoms. The van der Waals surface area contributed by atoms with Gasteiger partial charge in [0.2, 0.25) is 0 Å². The fourth-order valence-corrected chi connectivity index (χ4v) is 13.2. The van der Waals surface area contributed by atoms with E-state index in [0.717, 1.165) is 17.6 Å². The van der Waals surface area contributed by atoms with Gasteiger partial charge in [0.05, 0.1) is 14.1 Å². The molecule has 0 aliphatic carbocycles. The number of rotatable bonds is 0. The lowest BCUT2D eigenvalue weighted by atomic mass is 9.89. The lowest BCUT2D eigenvalue weighted by Crippen LogP contribution is -2.32. The van der Waals surface area contributed by atoms with Crippen molar-refractivity contribution in [1.29, 1.82) is 0 Å². The summed E-state index contributed by atoms with van der Waals surface area (Å²) < 4.78 is 1.03. The van der Waals surface area contributed by atoms with Crippen LogP contribution in [0.4, 0.5) is 0 Å². The summed E-state index contributed by atoms with van der Waals surface area (Å²) in [6, 6.07) is 20.0. The molecule has 0 radical (unpaired) electrons. The molecule has 0 saturated heterocycles. The fraction of sp³-hybridized carbons (Fsp3) is 0.0909. The van der Waals surface area contributed by atoms with E-state index in [0.29, 0.717) is 0 Å². The van der Waals surface area contributed by atoms with Crippen LogP contribution in [0.15, 0.2) is 48.5 Å². The summed E-state index contributed by atoms with van der Waals surface area (Å²) in [5.74, 6) is 0. The molecule has 45 heavy (non-hydrogen) atoms. The second-order valence-corrected chi connectivity index (χ2v) is 16.1. The highest BCUT2D eigenvalue weighted by molar-refractivity contribution is 6.70. The summed E-state index contributed by atoms with van der Waals surface area (Å²) in [4.78, 5) is 0. The Balaban J connectivity index is 1.47. The first-order valence-electron chi connectivity index (χ1n) is 16.6. The minimum absolute atomic E-state index is 1.03. The number of hydrogen-bond acceptors (Lipinski definition) is 0. The van der Waals surface area contributed by atoms with Crippen LogP contribution in [0, 0.1) is 0 Å². The van der Waals surface area contributed by atoms with E-state index in [1.807, 2.05) is 0 Å². The molecule has 1 aliphatic rings. The van der Waals surface area contributed by atoms with E-state index >= 15 is 0 Å². The van der Waals surface area contributed by atoms with Crippen molar-refractivity contribution in [3.8, 4) is 0 Å². The molecule has 1 heteroatoms. The van der Waals surface area contributed by atoms with Gasteiger partial charge >= 0.3 is 0 Å². The molecular weight excluding hydrogens is 542 g/mol. The SMILES string of the molecule is C[N+]1(C)Cc2c(c3c4ccc5c6ccc7c8ccc9c%10ccc%11c2c2c3c3c4c5c4c6c7c5c8c9c6c%10c%11c2c2c6c5c4c32)C1. The van der Waals surface area contributed by atoms with Gasteiger partial charge in [0, 0.05) is 21.9 Å². The molecule has 0 amide bonds. The average molecular weight is 561 g/mol. The van der Waals surface area contributed by atoms with Gasteiger partial charge in [-0.2, -0.15) is 0 Å². The smallest absolute Gasteiger partial charge is 0.105 e. The van der Waals surface area contributed by atoms with Crippen LogP contribution < -0.4 is 0 Å². The lowest BCUT2D eigenvalue weighted by Gasteiger charge is -2.22. The Labute approximate surface area is 252 Å². The molecule has 0 atom stereocenters. The quantitative estimate of drug-likeness (QED) is 0.128. The molecule has 0 saturated carbocycles. The van der Waals surface area contributed by atoms with Gasteiger partial charge in [0.15, 0.2) is 0 Å². The van der Waals surface area contributed by atoms with Crippen molar-refractivity contribution in [2.45, 2.75) is 13.1 Å². The summed E-state index contributed by atoms with van der Waals surface area (Å²) in [6.45, 7) is 2.22. The molecule has 1 aliphatic heterocycles. The van der Waals surface area contributed by atoms with E-state index < -0.39 is 0 Å². The number of hydrogen-bond donors (Lipinski definition) is 0. The lowest BCUT2D eigenvalue weighted by molar-refractivity contribution is -0.909. The molecular formula is C44H18N+. The first-order chi connectivity index (χ1) is 22.1. The second kappa shape index (κ2) is 4.85. The van der Waals surface area contributed by atoms with E-state index in [4.69, 9.17) is 0 Å². The Kier molecular flexibility index (Phi) is 2.07. The molecule has 0 N–H and O–H groups in total. The number of benzene rings is 10. The maximum atomic E-state index is 2.53. The summed E-state index contributed by atoms with van der Waals surface area (Å²) >= 11 is 0. The van der Waals surface area contributed by atoms with Gasteiger partial charge in [-0.15, -0.1) is 0 Å². The summed E-state index contributed by atoms with van der Waals surface area (Å²) in [6.07, 6.45) is 0. The van der Waals surface area contributed by atoms with Gasteiger partial charge < -0.3 is 4.48 Å². The number of nitrogens with zero attached hydrogens (tertiary/aromatic N) is 1. The Hall–Kier alpha value is -5.24. The highest BCUT2D eigenvalue weighted by Gasteiger charge is 2.42. The van der Waals surface area contributed by atoms with Gasteiger partial charge in [-0.3, -0.25) is 0 Å². The first-order valence-corrected chi connectivity index (χ1v) is 16.6. The first kappa shape index (κ1) is 19.2. The monoisotopic (exact) mass is 560 g/mol. The summed E-state index contributed by atoms with van der Waals surface area (Å²) in [5.41, 5.74) is 3.26. The van der Waals surface area contributed by atoms with Crippen LogP contribution in [-0.4, -0.2) is 18.6 Å². The number of quaternary nitrogens is 1. The molecule has 0 bridgehead atoms. The molecule has 16 aromatic carbocycles. The second-order valence-electron chi connectivity index (χ2n) is 16.1. The molecule has 17 rings (SSSR count). The van der Waals surface area contributed by atoms with Crippen molar-refractivity contribution >= 4 is 162 Å². The predicted molar refractivity (Wildman–Crippen MR) is 194 cm³/mol. The van der Waals surface area contributed by atoms with Crippen LogP contribution in [0.3, 0.4) is 0 Å². The third-order valence-electron chi connectivity index (χ3n) is 14.1. The van der Waals surface area contributed by atoms with E-state index in [-0.39, 0.29) is 0 Å². The molecule has 0 aromatic heterocycles.